The number of carbonyl (C=O) groups is 1. The molecular formula is C20H26N2O. The number of benzene rings is 2. The summed E-state index contributed by atoms with van der Waals surface area (Å²) in [4.78, 5) is 14.9. The Labute approximate surface area is 139 Å². The van der Waals surface area contributed by atoms with Gasteiger partial charge in [-0.2, -0.15) is 0 Å². The molecule has 2 rings (SSSR count). The molecule has 0 fully saturated rings. The molecule has 0 radical (unpaired) electrons. The molecule has 0 spiro atoms. The zero-order valence-electron chi connectivity index (χ0n) is 14.2. The summed E-state index contributed by atoms with van der Waals surface area (Å²) in [5, 5.41) is 3.43. The number of hydrogen-bond acceptors (Lipinski definition) is 2. The number of nitrogens with one attached hydrogen (secondary N) is 1. The van der Waals surface area contributed by atoms with E-state index in [1.54, 1.807) is 0 Å². The Morgan fingerprint density at radius 2 is 1.48 bits per heavy atom. The SMILES string of the molecule is CCN(CC)C(=O)C(Nc1ccccc1)C(C)c1ccccc1. The third kappa shape index (κ3) is 4.35. The first-order valence-corrected chi connectivity index (χ1v) is 8.32. The summed E-state index contributed by atoms with van der Waals surface area (Å²) >= 11 is 0. The van der Waals surface area contributed by atoms with E-state index in [0.717, 1.165) is 18.8 Å². The Morgan fingerprint density at radius 1 is 0.957 bits per heavy atom. The topological polar surface area (TPSA) is 32.3 Å². The van der Waals surface area contributed by atoms with E-state index in [9.17, 15) is 4.79 Å². The van der Waals surface area contributed by atoms with E-state index in [1.807, 2.05) is 67.3 Å². The monoisotopic (exact) mass is 310 g/mol. The number of para-hydroxylation sites is 1. The minimum absolute atomic E-state index is 0.0875. The fourth-order valence-corrected chi connectivity index (χ4v) is 2.80. The van der Waals surface area contributed by atoms with E-state index in [4.69, 9.17) is 0 Å². The number of carbonyl (C=O) groups excluding carboxylic acids is 1. The predicted octanol–water partition coefficient (Wildman–Crippen LogP) is 4.14. The molecule has 0 aliphatic carbocycles. The van der Waals surface area contributed by atoms with Gasteiger partial charge in [-0.3, -0.25) is 4.79 Å². The molecule has 1 N–H and O–H groups in total. The maximum absolute atomic E-state index is 13.0. The number of hydrogen-bond donors (Lipinski definition) is 1. The molecule has 0 bridgehead atoms. The summed E-state index contributed by atoms with van der Waals surface area (Å²) in [5.74, 6) is 0.236. The molecule has 2 atom stereocenters. The van der Waals surface area contributed by atoms with Gasteiger partial charge in [-0.25, -0.2) is 0 Å². The molecule has 2 aromatic rings. The van der Waals surface area contributed by atoms with Gasteiger partial charge < -0.3 is 10.2 Å². The smallest absolute Gasteiger partial charge is 0.245 e. The van der Waals surface area contributed by atoms with Crippen molar-refractivity contribution >= 4 is 11.6 Å². The predicted molar refractivity (Wildman–Crippen MR) is 96.6 cm³/mol. The number of amides is 1. The standard InChI is InChI=1S/C20H26N2O/c1-4-22(5-2)20(23)19(21-18-14-10-7-11-15-18)16(3)17-12-8-6-9-13-17/h6-16,19,21H,4-5H2,1-3H3. The van der Waals surface area contributed by atoms with Crippen molar-refractivity contribution in [2.24, 2.45) is 0 Å². The summed E-state index contributed by atoms with van der Waals surface area (Å²) in [7, 11) is 0. The van der Waals surface area contributed by atoms with Crippen molar-refractivity contribution in [2.45, 2.75) is 32.7 Å². The van der Waals surface area contributed by atoms with E-state index in [-0.39, 0.29) is 17.9 Å². The van der Waals surface area contributed by atoms with Gasteiger partial charge in [0.05, 0.1) is 0 Å². The van der Waals surface area contributed by atoms with Crippen molar-refractivity contribution in [3.63, 3.8) is 0 Å². The summed E-state index contributed by atoms with van der Waals surface area (Å²) in [6.45, 7) is 7.60. The van der Waals surface area contributed by atoms with Gasteiger partial charge >= 0.3 is 0 Å². The molecule has 2 unspecified atom stereocenters. The first-order valence-electron chi connectivity index (χ1n) is 8.32. The van der Waals surface area contributed by atoms with Crippen molar-refractivity contribution in [1.29, 1.82) is 0 Å². The van der Waals surface area contributed by atoms with Crippen LogP contribution in [0.25, 0.3) is 0 Å². The van der Waals surface area contributed by atoms with Crippen LogP contribution >= 0.6 is 0 Å². The van der Waals surface area contributed by atoms with Gasteiger partial charge in [-0.15, -0.1) is 0 Å². The summed E-state index contributed by atoms with van der Waals surface area (Å²) in [6.07, 6.45) is 0. The second-order valence-electron chi connectivity index (χ2n) is 5.70. The Bertz CT molecular complexity index is 594. The van der Waals surface area contributed by atoms with E-state index in [1.165, 1.54) is 5.56 Å². The molecule has 3 nitrogen and oxygen atoms in total. The van der Waals surface area contributed by atoms with Crippen LogP contribution in [0.5, 0.6) is 0 Å². The fourth-order valence-electron chi connectivity index (χ4n) is 2.80. The largest absolute Gasteiger partial charge is 0.373 e. The van der Waals surface area contributed by atoms with Crippen LogP contribution in [0, 0.1) is 0 Å². The summed E-state index contributed by atoms with van der Waals surface area (Å²) in [6, 6.07) is 19.9. The number of anilines is 1. The minimum Gasteiger partial charge on any atom is -0.373 e. The summed E-state index contributed by atoms with van der Waals surface area (Å²) < 4.78 is 0. The first-order chi connectivity index (χ1) is 11.2. The third-order valence-corrected chi connectivity index (χ3v) is 4.26. The Hall–Kier alpha value is -2.29. The quantitative estimate of drug-likeness (QED) is 0.833. The number of rotatable bonds is 7. The molecule has 0 heterocycles. The molecule has 1 amide bonds. The second kappa shape index (κ2) is 8.37. The van der Waals surface area contributed by atoms with Crippen LogP contribution in [-0.4, -0.2) is 29.9 Å². The lowest BCUT2D eigenvalue weighted by Gasteiger charge is -2.30. The van der Waals surface area contributed by atoms with E-state index in [2.05, 4.69) is 24.4 Å². The van der Waals surface area contributed by atoms with Gasteiger partial charge in [0.2, 0.25) is 5.91 Å². The molecule has 0 aliphatic rings. The summed E-state index contributed by atoms with van der Waals surface area (Å²) in [5.41, 5.74) is 2.14. The fraction of sp³-hybridized carbons (Fsp3) is 0.350. The van der Waals surface area contributed by atoms with E-state index in [0.29, 0.717) is 0 Å². The second-order valence-corrected chi connectivity index (χ2v) is 5.70. The molecule has 3 heteroatoms. The van der Waals surface area contributed by atoms with Crippen molar-refractivity contribution in [3.8, 4) is 0 Å². The van der Waals surface area contributed by atoms with E-state index >= 15 is 0 Å². The molecule has 2 aromatic carbocycles. The molecule has 0 aliphatic heterocycles. The van der Waals surface area contributed by atoms with Gasteiger partial charge in [-0.05, 0) is 31.5 Å². The van der Waals surface area contributed by atoms with Gasteiger partial charge in [-0.1, -0.05) is 55.5 Å². The average Bonchev–Trinajstić information content (AvgIpc) is 2.61. The van der Waals surface area contributed by atoms with Gasteiger partial charge in [0.15, 0.2) is 0 Å². The van der Waals surface area contributed by atoms with Crippen LogP contribution in [0.3, 0.4) is 0 Å². The lowest BCUT2D eigenvalue weighted by molar-refractivity contribution is -0.132. The van der Waals surface area contributed by atoms with Crippen LogP contribution in [0.1, 0.15) is 32.3 Å². The van der Waals surface area contributed by atoms with Gasteiger partial charge in [0, 0.05) is 24.7 Å². The highest BCUT2D eigenvalue weighted by atomic mass is 16.2. The third-order valence-electron chi connectivity index (χ3n) is 4.26. The number of nitrogens with zero attached hydrogens (tertiary/aromatic N) is 1. The maximum atomic E-state index is 13.0. The minimum atomic E-state index is -0.278. The average molecular weight is 310 g/mol. The highest BCUT2D eigenvalue weighted by Crippen LogP contribution is 2.24. The Kier molecular flexibility index (Phi) is 6.21. The van der Waals surface area contributed by atoms with Gasteiger partial charge in [0.1, 0.15) is 6.04 Å². The Morgan fingerprint density at radius 3 is 2.00 bits per heavy atom. The maximum Gasteiger partial charge on any atom is 0.245 e. The van der Waals surface area contributed by atoms with Crippen molar-refractivity contribution in [2.75, 3.05) is 18.4 Å². The van der Waals surface area contributed by atoms with E-state index < -0.39 is 0 Å². The lowest BCUT2D eigenvalue weighted by Crippen LogP contribution is -2.45. The van der Waals surface area contributed by atoms with Crippen LogP contribution in [0.15, 0.2) is 60.7 Å². The van der Waals surface area contributed by atoms with Crippen molar-refractivity contribution in [3.05, 3.63) is 66.2 Å². The van der Waals surface area contributed by atoms with Crippen molar-refractivity contribution in [1.82, 2.24) is 4.90 Å². The van der Waals surface area contributed by atoms with Gasteiger partial charge in [0.25, 0.3) is 0 Å². The zero-order valence-corrected chi connectivity index (χ0v) is 14.2. The Balaban J connectivity index is 2.28. The normalized spacial score (nSPS) is 13.2. The lowest BCUT2D eigenvalue weighted by atomic mass is 9.92. The van der Waals surface area contributed by atoms with Crippen LogP contribution in [0.4, 0.5) is 5.69 Å². The highest BCUT2D eigenvalue weighted by molar-refractivity contribution is 5.86. The highest BCUT2D eigenvalue weighted by Gasteiger charge is 2.29. The van der Waals surface area contributed by atoms with Crippen molar-refractivity contribution < 1.29 is 4.79 Å². The first kappa shape index (κ1) is 17.1. The van der Waals surface area contributed by atoms with Crippen LogP contribution < -0.4 is 5.32 Å². The zero-order chi connectivity index (χ0) is 16.7. The molecule has 23 heavy (non-hydrogen) atoms. The van der Waals surface area contributed by atoms with Crippen LogP contribution in [0.2, 0.25) is 0 Å². The molecule has 122 valence electrons. The molecular weight excluding hydrogens is 284 g/mol. The molecule has 0 aromatic heterocycles. The van der Waals surface area contributed by atoms with Crippen LogP contribution in [-0.2, 0) is 4.79 Å². The molecule has 0 saturated heterocycles. The molecule has 0 saturated carbocycles. The number of likely N-dealkylation sites (N-methyl/N-ethyl adjacent to an activating group) is 1.